The van der Waals surface area contributed by atoms with Gasteiger partial charge in [0.1, 0.15) is 6.04 Å². The van der Waals surface area contributed by atoms with Gasteiger partial charge in [0.05, 0.1) is 0 Å². The van der Waals surface area contributed by atoms with E-state index in [0.29, 0.717) is 5.92 Å². The predicted molar refractivity (Wildman–Crippen MR) is 62.9 cm³/mol. The Balaban J connectivity index is 1.84. The third kappa shape index (κ3) is 2.97. The van der Waals surface area contributed by atoms with Crippen molar-refractivity contribution in [1.82, 2.24) is 4.90 Å². The van der Waals surface area contributed by atoms with Crippen molar-refractivity contribution in [2.45, 2.75) is 51.5 Å². The van der Waals surface area contributed by atoms with Crippen LogP contribution in [0.25, 0.3) is 0 Å². The van der Waals surface area contributed by atoms with Crippen LogP contribution in [0, 0.1) is 11.8 Å². The molecule has 0 spiro atoms. The maximum atomic E-state index is 11.9. The average molecular weight is 243 g/mol. The van der Waals surface area contributed by atoms with Crippen molar-refractivity contribution in [3.05, 3.63) is 0 Å². The van der Waals surface area contributed by atoms with Gasteiger partial charge in [0.15, 0.2) is 0 Å². The van der Waals surface area contributed by atoms with Crippen LogP contribution in [0.3, 0.4) is 0 Å². The molecule has 0 aromatic carbocycles. The average Bonchev–Trinajstić information content (AvgIpc) is 2.87. The van der Waals surface area contributed by atoms with Crippen LogP contribution in [-0.2, 0) is 9.74 Å². The zero-order chi connectivity index (χ0) is 12.3. The Hall–Kier alpha value is -0.640. The van der Waals surface area contributed by atoms with Crippen LogP contribution in [0.4, 0.5) is 4.53 Å². The zero-order valence-corrected chi connectivity index (χ0v) is 10.5. The van der Waals surface area contributed by atoms with Gasteiger partial charge < -0.3 is 0 Å². The number of halogens is 1. The van der Waals surface area contributed by atoms with E-state index in [1.165, 1.54) is 32.1 Å². The summed E-state index contributed by atoms with van der Waals surface area (Å²) < 4.78 is 11.9. The van der Waals surface area contributed by atoms with Gasteiger partial charge in [0.25, 0.3) is 0 Å². The van der Waals surface area contributed by atoms with Gasteiger partial charge in [-0.3, -0.25) is 9.84 Å². The van der Waals surface area contributed by atoms with E-state index >= 15 is 0 Å². The highest BCUT2D eigenvalue weighted by Gasteiger charge is 2.34. The maximum absolute atomic E-state index is 11.9. The van der Waals surface area contributed by atoms with E-state index < -0.39 is 12.0 Å². The van der Waals surface area contributed by atoms with Gasteiger partial charge in [0.2, 0.25) is 0 Å². The molecular formula is C13H22FNO2. The second kappa shape index (κ2) is 5.80. The fraction of sp³-hybridized carbons (Fsp3) is 0.923. The summed E-state index contributed by atoms with van der Waals surface area (Å²) in [7, 11) is 0. The largest absolute Gasteiger partial charge is 0.365 e. The molecular weight excluding hydrogens is 221 g/mol. The lowest BCUT2D eigenvalue weighted by molar-refractivity contribution is -0.189. The Morgan fingerprint density at radius 2 is 1.94 bits per heavy atom. The lowest BCUT2D eigenvalue weighted by Crippen LogP contribution is -2.38. The molecule has 3 nitrogen and oxygen atoms in total. The van der Waals surface area contributed by atoms with Gasteiger partial charge in [0, 0.05) is 11.1 Å². The Morgan fingerprint density at radius 3 is 2.59 bits per heavy atom. The second-order valence-electron chi connectivity index (χ2n) is 5.51. The van der Waals surface area contributed by atoms with Crippen molar-refractivity contribution >= 4 is 5.97 Å². The van der Waals surface area contributed by atoms with Crippen LogP contribution in [0.5, 0.6) is 0 Å². The molecule has 1 heterocycles. The van der Waals surface area contributed by atoms with E-state index in [-0.39, 0.29) is 0 Å². The molecule has 98 valence electrons. The molecule has 2 unspecified atom stereocenters. The fourth-order valence-electron chi connectivity index (χ4n) is 3.37. The highest BCUT2D eigenvalue weighted by molar-refractivity contribution is 5.74. The molecule has 0 aromatic rings. The molecule has 0 amide bonds. The molecule has 1 aliphatic heterocycles. The number of carbonyl (C=O) groups is 1. The van der Waals surface area contributed by atoms with Crippen molar-refractivity contribution in [2.75, 3.05) is 13.1 Å². The molecule has 2 aliphatic rings. The predicted octanol–water partition coefficient (Wildman–Crippen LogP) is 2.70. The summed E-state index contributed by atoms with van der Waals surface area (Å²) in [6.07, 6.45) is 7.89. The Morgan fingerprint density at radius 1 is 1.24 bits per heavy atom. The summed E-state index contributed by atoms with van der Waals surface area (Å²) in [4.78, 5) is 16.5. The Kier molecular flexibility index (Phi) is 4.37. The monoisotopic (exact) mass is 243 g/mol. The molecule has 0 aromatic heterocycles. The summed E-state index contributed by atoms with van der Waals surface area (Å²) >= 11 is 0. The summed E-state index contributed by atoms with van der Waals surface area (Å²) in [5.41, 5.74) is 0. The van der Waals surface area contributed by atoms with Crippen LogP contribution in [0.15, 0.2) is 0 Å². The molecule has 1 saturated heterocycles. The molecule has 0 bridgehead atoms. The van der Waals surface area contributed by atoms with E-state index in [2.05, 4.69) is 9.84 Å². The number of hydrogen-bond acceptors (Lipinski definition) is 3. The van der Waals surface area contributed by atoms with Crippen molar-refractivity contribution < 1.29 is 14.3 Å². The molecule has 1 saturated carbocycles. The topological polar surface area (TPSA) is 29.5 Å². The minimum Gasteiger partial charge on any atom is -0.290 e. The van der Waals surface area contributed by atoms with Crippen LogP contribution in [-0.4, -0.2) is 30.0 Å². The lowest BCUT2D eigenvalue weighted by Gasteiger charge is -2.28. The molecule has 1 aliphatic carbocycles. The third-order valence-corrected chi connectivity index (χ3v) is 4.54. The van der Waals surface area contributed by atoms with Gasteiger partial charge in [-0.05, 0) is 31.7 Å². The van der Waals surface area contributed by atoms with E-state index in [0.717, 1.165) is 25.4 Å². The van der Waals surface area contributed by atoms with Crippen molar-refractivity contribution in [1.29, 1.82) is 0 Å². The maximum Gasteiger partial charge on any atom is 0.365 e. The van der Waals surface area contributed by atoms with Gasteiger partial charge in [-0.1, -0.05) is 32.1 Å². The van der Waals surface area contributed by atoms with E-state index in [4.69, 9.17) is 0 Å². The molecule has 2 atom stereocenters. The first-order valence-corrected chi connectivity index (χ1v) is 6.79. The van der Waals surface area contributed by atoms with Crippen molar-refractivity contribution in [3.8, 4) is 0 Å². The molecule has 2 fully saturated rings. The third-order valence-electron chi connectivity index (χ3n) is 4.54. The number of likely N-dealkylation sites (tertiary alicyclic amines) is 1. The van der Waals surface area contributed by atoms with Crippen LogP contribution in [0.2, 0.25) is 0 Å². The van der Waals surface area contributed by atoms with Crippen LogP contribution < -0.4 is 0 Å². The second-order valence-corrected chi connectivity index (χ2v) is 5.51. The summed E-state index contributed by atoms with van der Waals surface area (Å²) in [6.45, 7) is 3.56. The molecule has 17 heavy (non-hydrogen) atoms. The SMILES string of the molecule is CC(C(=O)OF)N1CCC(C2CCCCC2)C1. The summed E-state index contributed by atoms with van der Waals surface area (Å²) in [6, 6.07) is -0.436. The van der Waals surface area contributed by atoms with Crippen LogP contribution >= 0.6 is 0 Å². The van der Waals surface area contributed by atoms with Gasteiger partial charge in [-0.2, -0.15) is 0 Å². The lowest BCUT2D eigenvalue weighted by atomic mass is 9.79. The quantitative estimate of drug-likeness (QED) is 0.763. The number of rotatable bonds is 3. The Labute approximate surface area is 102 Å². The minimum absolute atomic E-state index is 0.436. The summed E-state index contributed by atoms with van der Waals surface area (Å²) in [5, 5.41) is 0. The van der Waals surface area contributed by atoms with Crippen LogP contribution in [0.1, 0.15) is 45.4 Å². The summed E-state index contributed by atoms with van der Waals surface area (Å²) in [5.74, 6) is 0.766. The normalized spacial score (nSPS) is 29.2. The number of hydrogen-bond donors (Lipinski definition) is 0. The molecule has 2 rings (SSSR count). The first kappa shape index (κ1) is 12.8. The van der Waals surface area contributed by atoms with Gasteiger partial charge in [-0.15, -0.1) is 0 Å². The molecule has 0 N–H and O–H groups in total. The molecule has 4 heteroatoms. The highest BCUT2D eigenvalue weighted by Crippen LogP contribution is 2.35. The fourth-order valence-corrected chi connectivity index (χ4v) is 3.37. The standard InChI is InChI=1S/C13H22FNO2/c1-10(13(16)17-14)15-8-7-12(9-15)11-5-3-2-4-6-11/h10-12H,2-9H2,1H3. The van der Waals surface area contributed by atoms with Gasteiger partial charge >= 0.3 is 5.97 Å². The van der Waals surface area contributed by atoms with Crippen molar-refractivity contribution in [3.63, 3.8) is 0 Å². The van der Waals surface area contributed by atoms with E-state index in [9.17, 15) is 9.32 Å². The number of carbonyl (C=O) groups excluding carboxylic acids is 1. The first-order chi connectivity index (χ1) is 8.22. The van der Waals surface area contributed by atoms with Crippen molar-refractivity contribution in [2.24, 2.45) is 11.8 Å². The zero-order valence-electron chi connectivity index (χ0n) is 10.5. The minimum atomic E-state index is -0.755. The number of nitrogens with zero attached hydrogens (tertiary/aromatic N) is 1. The molecule has 0 radical (unpaired) electrons. The van der Waals surface area contributed by atoms with Gasteiger partial charge in [-0.25, -0.2) is 4.79 Å². The van der Waals surface area contributed by atoms with E-state index in [1.54, 1.807) is 6.92 Å². The highest BCUT2D eigenvalue weighted by atomic mass is 19.3. The smallest absolute Gasteiger partial charge is 0.290 e. The first-order valence-electron chi connectivity index (χ1n) is 6.79. The van der Waals surface area contributed by atoms with E-state index in [1.807, 2.05) is 0 Å². The Bertz CT molecular complexity index is 266.